The summed E-state index contributed by atoms with van der Waals surface area (Å²) in [6.45, 7) is 5.75. The van der Waals surface area contributed by atoms with Crippen molar-refractivity contribution in [3.63, 3.8) is 0 Å². The summed E-state index contributed by atoms with van der Waals surface area (Å²) in [6.07, 6.45) is 1.76. The Hall–Kier alpha value is -3.14. The summed E-state index contributed by atoms with van der Waals surface area (Å²) < 4.78 is 11.1. The van der Waals surface area contributed by atoms with Crippen LogP contribution >= 0.6 is 0 Å². The molecule has 0 spiro atoms. The van der Waals surface area contributed by atoms with E-state index in [1.165, 1.54) is 0 Å². The Labute approximate surface area is 177 Å². The second kappa shape index (κ2) is 10.1. The molecule has 0 unspecified atom stereocenters. The lowest BCUT2D eigenvalue weighted by atomic mass is 9.89. The third-order valence-electron chi connectivity index (χ3n) is 5.43. The number of hydrogen-bond donors (Lipinski definition) is 0. The Balaban J connectivity index is 1.90. The predicted molar refractivity (Wildman–Crippen MR) is 118 cm³/mol. The molecule has 0 radical (unpaired) electrons. The van der Waals surface area contributed by atoms with Crippen LogP contribution in [0.25, 0.3) is 0 Å². The fourth-order valence-electron chi connectivity index (χ4n) is 3.87. The topological polar surface area (TPSA) is 56.5 Å². The molecular weight excluding hydrogens is 376 g/mol. The summed E-state index contributed by atoms with van der Waals surface area (Å²) in [4.78, 5) is 25.6. The number of hydrogen-bond acceptors (Lipinski definition) is 4. The number of esters is 1. The molecule has 0 saturated carbocycles. The molecule has 0 amide bonds. The van der Waals surface area contributed by atoms with Gasteiger partial charge >= 0.3 is 11.6 Å². The Bertz CT molecular complexity index is 1020. The van der Waals surface area contributed by atoms with E-state index in [9.17, 15) is 9.59 Å². The summed E-state index contributed by atoms with van der Waals surface area (Å²) in [7, 11) is 0. The molecule has 0 aliphatic rings. The SMILES string of the molecule is CC[C@@H](CC(=O)Oc1cc(C)oc(=O)c1[C@H](CC)c1ccccc1)c1ccccc1. The second-order valence-corrected chi connectivity index (χ2v) is 7.49. The highest BCUT2D eigenvalue weighted by atomic mass is 16.5. The van der Waals surface area contributed by atoms with Gasteiger partial charge in [0, 0.05) is 12.0 Å². The number of ether oxygens (including phenoxy) is 1. The molecule has 0 aliphatic heterocycles. The van der Waals surface area contributed by atoms with Gasteiger partial charge in [-0.25, -0.2) is 4.79 Å². The van der Waals surface area contributed by atoms with Gasteiger partial charge in [0.1, 0.15) is 11.5 Å². The van der Waals surface area contributed by atoms with E-state index in [0.29, 0.717) is 23.5 Å². The van der Waals surface area contributed by atoms with Crippen molar-refractivity contribution in [2.24, 2.45) is 0 Å². The van der Waals surface area contributed by atoms with Crippen LogP contribution in [0.3, 0.4) is 0 Å². The zero-order valence-corrected chi connectivity index (χ0v) is 17.8. The average Bonchev–Trinajstić information content (AvgIpc) is 2.75. The van der Waals surface area contributed by atoms with E-state index < -0.39 is 5.63 Å². The van der Waals surface area contributed by atoms with E-state index in [0.717, 1.165) is 17.5 Å². The number of rotatable bonds is 8. The lowest BCUT2D eigenvalue weighted by molar-refractivity contribution is -0.134. The minimum atomic E-state index is -0.455. The molecule has 0 fully saturated rings. The molecule has 156 valence electrons. The molecule has 1 aromatic heterocycles. The Kier molecular flexibility index (Phi) is 7.23. The first-order valence-electron chi connectivity index (χ1n) is 10.5. The van der Waals surface area contributed by atoms with Crippen molar-refractivity contribution in [2.75, 3.05) is 0 Å². The van der Waals surface area contributed by atoms with Crippen LogP contribution in [-0.4, -0.2) is 5.97 Å². The van der Waals surface area contributed by atoms with Gasteiger partial charge in [-0.05, 0) is 36.8 Å². The summed E-state index contributed by atoms with van der Waals surface area (Å²) in [5, 5.41) is 0. The molecular formula is C26H28O4. The maximum atomic E-state index is 12.8. The van der Waals surface area contributed by atoms with E-state index in [1.54, 1.807) is 13.0 Å². The maximum absolute atomic E-state index is 12.8. The highest BCUT2D eigenvalue weighted by molar-refractivity contribution is 5.74. The normalized spacial score (nSPS) is 12.9. The Morgan fingerprint density at radius 3 is 2.10 bits per heavy atom. The van der Waals surface area contributed by atoms with Crippen molar-refractivity contribution in [3.05, 3.63) is 99.6 Å². The monoisotopic (exact) mass is 404 g/mol. The minimum Gasteiger partial charge on any atom is -0.428 e. The molecule has 0 bridgehead atoms. The highest BCUT2D eigenvalue weighted by Gasteiger charge is 2.25. The van der Waals surface area contributed by atoms with Gasteiger partial charge in [0.2, 0.25) is 0 Å². The molecule has 2 atom stereocenters. The first-order valence-corrected chi connectivity index (χ1v) is 10.5. The molecule has 4 nitrogen and oxygen atoms in total. The van der Waals surface area contributed by atoms with Crippen molar-refractivity contribution in [2.45, 2.75) is 51.9 Å². The van der Waals surface area contributed by atoms with Crippen LogP contribution in [-0.2, 0) is 4.79 Å². The Morgan fingerprint density at radius 1 is 0.933 bits per heavy atom. The standard InChI is InChI=1S/C26H28O4/c1-4-19(20-12-8-6-9-13-20)17-24(27)30-23-16-18(3)29-26(28)25(23)22(5-2)21-14-10-7-11-15-21/h6-16,19,22H,4-5,17H2,1-3H3/t19-,22+/m0/s1. The molecule has 3 aromatic rings. The fourth-order valence-corrected chi connectivity index (χ4v) is 3.87. The van der Waals surface area contributed by atoms with Crippen LogP contribution in [0.2, 0.25) is 0 Å². The maximum Gasteiger partial charge on any atom is 0.343 e. The molecule has 2 aromatic carbocycles. The number of carbonyl (C=O) groups is 1. The van der Waals surface area contributed by atoms with Crippen LogP contribution in [0.15, 0.2) is 75.9 Å². The van der Waals surface area contributed by atoms with Crippen LogP contribution in [0, 0.1) is 6.92 Å². The highest BCUT2D eigenvalue weighted by Crippen LogP contribution is 2.33. The largest absolute Gasteiger partial charge is 0.428 e. The van der Waals surface area contributed by atoms with Gasteiger partial charge in [0.15, 0.2) is 0 Å². The molecule has 0 N–H and O–H groups in total. The van der Waals surface area contributed by atoms with Gasteiger partial charge in [0.05, 0.1) is 12.0 Å². The summed E-state index contributed by atoms with van der Waals surface area (Å²) >= 11 is 0. The van der Waals surface area contributed by atoms with Crippen LogP contribution in [0.1, 0.15) is 67.4 Å². The molecule has 1 heterocycles. The third-order valence-corrected chi connectivity index (χ3v) is 5.43. The van der Waals surface area contributed by atoms with Crippen molar-refractivity contribution in [3.8, 4) is 5.75 Å². The van der Waals surface area contributed by atoms with Gasteiger partial charge in [-0.15, -0.1) is 0 Å². The van der Waals surface area contributed by atoms with Crippen LogP contribution in [0.5, 0.6) is 5.75 Å². The van der Waals surface area contributed by atoms with Crippen molar-refractivity contribution >= 4 is 5.97 Å². The van der Waals surface area contributed by atoms with Crippen molar-refractivity contribution < 1.29 is 13.9 Å². The molecule has 3 rings (SSSR count). The fraction of sp³-hybridized carbons (Fsp3) is 0.308. The molecule has 4 heteroatoms. The van der Waals surface area contributed by atoms with E-state index in [2.05, 4.69) is 6.92 Å². The van der Waals surface area contributed by atoms with E-state index in [4.69, 9.17) is 9.15 Å². The van der Waals surface area contributed by atoms with Gasteiger partial charge in [-0.2, -0.15) is 0 Å². The quantitative estimate of drug-likeness (QED) is 0.433. The third kappa shape index (κ3) is 5.07. The lowest BCUT2D eigenvalue weighted by Crippen LogP contribution is -2.20. The molecule has 0 saturated heterocycles. The number of carbonyl (C=O) groups excluding carboxylic acids is 1. The van der Waals surface area contributed by atoms with Gasteiger partial charge in [-0.3, -0.25) is 4.79 Å². The zero-order chi connectivity index (χ0) is 21.5. The van der Waals surface area contributed by atoms with Crippen molar-refractivity contribution in [1.29, 1.82) is 0 Å². The van der Waals surface area contributed by atoms with Crippen molar-refractivity contribution in [1.82, 2.24) is 0 Å². The summed E-state index contributed by atoms with van der Waals surface area (Å²) in [5.74, 6) is 0.234. The summed E-state index contributed by atoms with van der Waals surface area (Å²) in [6, 6.07) is 21.3. The number of aryl methyl sites for hydroxylation is 1. The number of benzene rings is 2. The Morgan fingerprint density at radius 2 is 1.53 bits per heavy atom. The zero-order valence-electron chi connectivity index (χ0n) is 17.8. The molecule has 30 heavy (non-hydrogen) atoms. The van der Waals surface area contributed by atoms with Gasteiger partial charge in [0.25, 0.3) is 0 Å². The van der Waals surface area contributed by atoms with E-state index in [1.807, 2.05) is 67.6 Å². The minimum absolute atomic E-state index is 0.0689. The van der Waals surface area contributed by atoms with Crippen LogP contribution < -0.4 is 10.4 Å². The second-order valence-electron chi connectivity index (χ2n) is 7.49. The first-order chi connectivity index (χ1) is 14.5. The summed E-state index contributed by atoms with van der Waals surface area (Å²) in [5.41, 5.74) is 2.04. The van der Waals surface area contributed by atoms with Crippen LogP contribution in [0.4, 0.5) is 0 Å². The first kappa shape index (κ1) is 21.6. The predicted octanol–water partition coefficient (Wildman–Crippen LogP) is 5.98. The van der Waals surface area contributed by atoms with Gasteiger partial charge in [-0.1, -0.05) is 74.5 Å². The van der Waals surface area contributed by atoms with Gasteiger partial charge < -0.3 is 9.15 Å². The smallest absolute Gasteiger partial charge is 0.343 e. The lowest BCUT2D eigenvalue weighted by Gasteiger charge is -2.19. The molecule has 0 aliphatic carbocycles. The van der Waals surface area contributed by atoms with E-state index in [-0.39, 0.29) is 24.2 Å². The average molecular weight is 405 g/mol. The van der Waals surface area contributed by atoms with E-state index >= 15 is 0 Å².